The van der Waals surface area contributed by atoms with E-state index in [2.05, 4.69) is 182 Å². The van der Waals surface area contributed by atoms with Crippen LogP contribution in [0.2, 0.25) is 0 Å². The largest absolute Gasteiger partial charge is 0.256 e. The molecule has 0 aliphatic heterocycles. The minimum atomic E-state index is 0.932. The van der Waals surface area contributed by atoms with E-state index in [9.17, 15) is 0 Å². The minimum Gasteiger partial charge on any atom is -0.256 e. The maximum atomic E-state index is 5.37. The molecule has 0 spiro atoms. The molecule has 0 unspecified atom stereocenters. The van der Waals surface area contributed by atoms with Crippen molar-refractivity contribution in [2.45, 2.75) is 0 Å². The van der Waals surface area contributed by atoms with Gasteiger partial charge in [-0.3, -0.25) is 4.98 Å². The molecule has 2 heterocycles. The van der Waals surface area contributed by atoms with E-state index in [0.717, 1.165) is 44.2 Å². The van der Waals surface area contributed by atoms with Crippen molar-refractivity contribution >= 4 is 64.8 Å². The Labute approximate surface area is 312 Å². The van der Waals surface area contributed by atoms with Crippen LogP contribution >= 0.6 is 0 Å². The molecule has 2 nitrogen and oxygen atoms in total. The van der Waals surface area contributed by atoms with E-state index in [4.69, 9.17) is 9.97 Å². The first kappa shape index (κ1) is 30.5. The standard InChI is InChI=1S/C52H32N2/c1-3-12-37-30-40(25-21-33(37)10-1)49-42-16-5-6-17-43(42)50(41-26-22-34-11-2-4-13-38(34)31-41)46-32-39(27-28-44(46)49)47-19-8-20-48(54-47)45-18-7-14-35-23-24-36-15-9-29-53-52(36)51(35)45/h1-32H. The summed E-state index contributed by atoms with van der Waals surface area (Å²) >= 11 is 0. The minimum absolute atomic E-state index is 0.932. The molecule has 0 radical (unpaired) electrons. The van der Waals surface area contributed by atoms with Gasteiger partial charge in [0.15, 0.2) is 0 Å². The molecule has 0 amide bonds. The normalized spacial score (nSPS) is 11.7. The molecule has 250 valence electrons. The highest BCUT2D eigenvalue weighted by Gasteiger charge is 2.19. The van der Waals surface area contributed by atoms with Crippen LogP contribution in [0.15, 0.2) is 194 Å². The average Bonchev–Trinajstić information content (AvgIpc) is 3.24. The molecule has 11 aromatic rings. The Balaban J connectivity index is 1.18. The molecule has 11 rings (SSSR count). The van der Waals surface area contributed by atoms with Crippen molar-refractivity contribution in [1.29, 1.82) is 0 Å². The number of pyridine rings is 2. The fourth-order valence-corrected chi connectivity index (χ4v) is 8.52. The van der Waals surface area contributed by atoms with E-state index >= 15 is 0 Å². The Hall–Kier alpha value is -7.16. The molecular formula is C52H32N2. The zero-order valence-corrected chi connectivity index (χ0v) is 29.4. The monoisotopic (exact) mass is 684 g/mol. The van der Waals surface area contributed by atoms with Crippen molar-refractivity contribution in [3.8, 4) is 44.8 Å². The summed E-state index contributed by atoms with van der Waals surface area (Å²) in [5.41, 5.74) is 9.93. The lowest BCUT2D eigenvalue weighted by Gasteiger charge is -2.19. The van der Waals surface area contributed by atoms with Gasteiger partial charge in [0.2, 0.25) is 0 Å². The Morgan fingerprint density at radius 3 is 1.59 bits per heavy atom. The first-order valence-electron chi connectivity index (χ1n) is 18.5. The third-order valence-corrected chi connectivity index (χ3v) is 11.0. The van der Waals surface area contributed by atoms with Gasteiger partial charge in [-0.05, 0) is 107 Å². The van der Waals surface area contributed by atoms with Crippen molar-refractivity contribution < 1.29 is 0 Å². The van der Waals surface area contributed by atoms with Crippen LogP contribution in [0.5, 0.6) is 0 Å². The zero-order chi connectivity index (χ0) is 35.6. The van der Waals surface area contributed by atoms with Crippen molar-refractivity contribution in [2.24, 2.45) is 0 Å². The van der Waals surface area contributed by atoms with Gasteiger partial charge in [-0.25, -0.2) is 4.98 Å². The van der Waals surface area contributed by atoms with Gasteiger partial charge >= 0.3 is 0 Å². The summed E-state index contributed by atoms with van der Waals surface area (Å²) in [6.07, 6.45) is 1.88. The number of hydrogen-bond donors (Lipinski definition) is 0. The maximum absolute atomic E-state index is 5.37. The van der Waals surface area contributed by atoms with Gasteiger partial charge < -0.3 is 0 Å². The predicted molar refractivity (Wildman–Crippen MR) is 229 cm³/mol. The third-order valence-electron chi connectivity index (χ3n) is 11.0. The third kappa shape index (κ3) is 4.88. The molecule has 2 heteroatoms. The van der Waals surface area contributed by atoms with Crippen LogP contribution in [0.4, 0.5) is 0 Å². The fourth-order valence-electron chi connectivity index (χ4n) is 8.52. The van der Waals surface area contributed by atoms with Crippen LogP contribution < -0.4 is 0 Å². The molecular weight excluding hydrogens is 653 g/mol. The summed E-state index contributed by atoms with van der Waals surface area (Å²) in [5.74, 6) is 0. The molecule has 9 aromatic carbocycles. The topological polar surface area (TPSA) is 25.8 Å². The lowest BCUT2D eigenvalue weighted by molar-refractivity contribution is 1.33. The van der Waals surface area contributed by atoms with Gasteiger partial charge in [-0.15, -0.1) is 0 Å². The first-order valence-corrected chi connectivity index (χ1v) is 18.5. The molecule has 0 aliphatic carbocycles. The Morgan fingerprint density at radius 1 is 0.315 bits per heavy atom. The summed E-state index contributed by atoms with van der Waals surface area (Å²) in [6.45, 7) is 0. The summed E-state index contributed by atoms with van der Waals surface area (Å²) in [5, 5.41) is 13.3. The average molecular weight is 685 g/mol. The number of rotatable bonds is 4. The molecule has 0 aliphatic rings. The van der Waals surface area contributed by atoms with Gasteiger partial charge in [0.1, 0.15) is 0 Å². The van der Waals surface area contributed by atoms with Gasteiger partial charge in [0.05, 0.1) is 16.9 Å². The van der Waals surface area contributed by atoms with E-state index in [1.807, 2.05) is 12.3 Å². The second-order valence-corrected chi connectivity index (χ2v) is 14.1. The van der Waals surface area contributed by atoms with Gasteiger partial charge in [-0.1, -0.05) is 152 Å². The highest BCUT2D eigenvalue weighted by atomic mass is 14.7. The second kappa shape index (κ2) is 12.2. The highest BCUT2D eigenvalue weighted by Crippen LogP contribution is 2.46. The van der Waals surface area contributed by atoms with Crippen LogP contribution in [-0.2, 0) is 0 Å². The molecule has 54 heavy (non-hydrogen) atoms. The van der Waals surface area contributed by atoms with Crippen molar-refractivity contribution in [1.82, 2.24) is 9.97 Å². The summed E-state index contributed by atoms with van der Waals surface area (Å²) in [7, 11) is 0. The molecule has 0 fully saturated rings. The van der Waals surface area contributed by atoms with Crippen molar-refractivity contribution in [3.63, 3.8) is 0 Å². The maximum Gasteiger partial charge on any atom is 0.0787 e. The lowest BCUT2D eigenvalue weighted by Crippen LogP contribution is -1.93. The number of nitrogens with zero attached hydrogens (tertiary/aromatic N) is 2. The van der Waals surface area contributed by atoms with Crippen molar-refractivity contribution in [2.75, 3.05) is 0 Å². The zero-order valence-electron chi connectivity index (χ0n) is 29.4. The van der Waals surface area contributed by atoms with E-state index < -0.39 is 0 Å². The Kier molecular flexibility index (Phi) is 6.90. The molecule has 0 saturated heterocycles. The molecule has 0 atom stereocenters. The molecule has 0 saturated carbocycles. The highest BCUT2D eigenvalue weighted by molar-refractivity contribution is 6.22. The van der Waals surface area contributed by atoms with Crippen molar-refractivity contribution in [3.05, 3.63) is 194 Å². The summed E-state index contributed by atoms with van der Waals surface area (Å²) in [4.78, 5) is 10.2. The molecule has 0 N–H and O–H groups in total. The lowest BCUT2D eigenvalue weighted by atomic mass is 9.84. The number of hydrogen-bond acceptors (Lipinski definition) is 2. The smallest absolute Gasteiger partial charge is 0.0787 e. The number of benzene rings is 9. The fraction of sp³-hybridized carbons (Fsp3) is 0. The SMILES string of the molecule is c1cc(-c2ccc3c(-c4ccc5ccccc5c4)c4ccccc4c(-c4ccc5ccccc5c4)c3c2)nc(-c2cccc3ccc4cccnc4c23)c1. The second-order valence-electron chi connectivity index (χ2n) is 14.1. The van der Waals surface area contributed by atoms with Crippen LogP contribution in [0, 0.1) is 0 Å². The summed E-state index contributed by atoms with van der Waals surface area (Å²) in [6, 6.07) is 68.1. The van der Waals surface area contributed by atoms with E-state index in [-0.39, 0.29) is 0 Å². The van der Waals surface area contributed by atoms with E-state index in [1.165, 1.54) is 65.3 Å². The predicted octanol–water partition coefficient (Wildman–Crippen LogP) is 14.1. The van der Waals surface area contributed by atoms with Crippen LogP contribution in [0.25, 0.3) is 110 Å². The number of aromatic nitrogens is 2. The Morgan fingerprint density at radius 2 is 0.852 bits per heavy atom. The molecule has 2 aromatic heterocycles. The Bertz CT molecular complexity index is 3290. The van der Waals surface area contributed by atoms with Gasteiger partial charge in [0, 0.05) is 28.1 Å². The summed E-state index contributed by atoms with van der Waals surface area (Å²) < 4.78 is 0. The van der Waals surface area contributed by atoms with Crippen LogP contribution in [0.3, 0.4) is 0 Å². The van der Waals surface area contributed by atoms with Gasteiger partial charge in [0.25, 0.3) is 0 Å². The number of fused-ring (bicyclic) bond motifs is 7. The molecule has 0 bridgehead atoms. The van der Waals surface area contributed by atoms with Crippen LogP contribution in [0.1, 0.15) is 0 Å². The van der Waals surface area contributed by atoms with Crippen LogP contribution in [-0.4, -0.2) is 9.97 Å². The van der Waals surface area contributed by atoms with E-state index in [0.29, 0.717) is 0 Å². The van der Waals surface area contributed by atoms with E-state index in [1.54, 1.807) is 0 Å². The first-order chi connectivity index (χ1) is 26.8. The quantitative estimate of drug-likeness (QED) is 0.136. The van der Waals surface area contributed by atoms with Gasteiger partial charge in [-0.2, -0.15) is 0 Å².